The Hall–Kier alpha value is -0.910. The average molecular weight is 498 g/mol. The first-order valence-electron chi connectivity index (χ1n) is 14.8. The Kier molecular flexibility index (Phi) is 25.5. The maximum Gasteiger partial charge on any atom is 0.332 e. The van der Waals surface area contributed by atoms with Crippen molar-refractivity contribution >= 4 is 5.97 Å². The van der Waals surface area contributed by atoms with Crippen LogP contribution in [0.2, 0.25) is 0 Å². The van der Waals surface area contributed by atoms with Crippen molar-refractivity contribution in [1.29, 1.82) is 0 Å². The van der Waals surface area contributed by atoms with Crippen LogP contribution in [0.25, 0.3) is 0 Å². The molecule has 0 aromatic rings. The number of carbonyl (C=O) groups is 1. The normalized spacial score (nSPS) is 13.6. The summed E-state index contributed by atoms with van der Waals surface area (Å²) in [6, 6.07) is 0.0775. The molecule has 208 valence electrons. The summed E-state index contributed by atoms with van der Waals surface area (Å²) < 4.78 is 11.7. The molecule has 0 aliphatic carbocycles. The number of nitrogens with zero attached hydrogens (tertiary/aromatic N) is 1. The average Bonchev–Trinajstić information content (AvgIpc) is 2.83. The first-order valence-corrected chi connectivity index (χ1v) is 14.8. The van der Waals surface area contributed by atoms with Crippen LogP contribution in [0.3, 0.4) is 0 Å². The highest BCUT2D eigenvalue weighted by molar-refractivity contribution is 5.72. The molecule has 0 bridgehead atoms. The van der Waals surface area contributed by atoms with E-state index in [9.17, 15) is 9.90 Å². The highest BCUT2D eigenvalue weighted by Gasteiger charge is 2.21. The zero-order valence-electron chi connectivity index (χ0n) is 23.8. The second-order valence-corrected chi connectivity index (χ2v) is 10.3. The van der Waals surface area contributed by atoms with Crippen LogP contribution in [0, 0.1) is 0 Å². The smallest absolute Gasteiger partial charge is 0.332 e. The van der Waals surface area contributed by atoms with E-state index in [0.29, 0.717) is 19.6 Å². The molecule has 0 fully saturated rings. The van der Waals surface area contributed by atoms with Gasteiger partial charge in [-0.2, -0.15) is 0 Å². The number of unbranched alkanes of at least 4 members (excludes halogenated alkanes) is 14. The van der Waals surface area contributed by atoms with Crippen molar-refractivity contribution in [3.05, 3.63) is 12.2 Å². The Morgan fingerprint density at radius 1 is 0.743 bits per heavy atom. The largest absolute Gasteiger partial charge is 0.479 e. The predicted octanol–water partition coefficient (Wildman–Crippen LogP) is 8.02. The van der Waals surface area contributed by atoms with Crippen molar-refractivity contribution in [3.8, 4) is 0 Å². The van der Waals surface area contributed by atoms with Gasteiger partial charge in [0.1, 0.15) is 0 Å². The molecule has 0 heterocycles. The van der Waals surface area contributed by atoms with Gasteiger partial charge in [0, 0.05) is 6.61 Å². The second kappa shape index (κ2) is 26.2. The number of hydrogen-bond donors (Lipinski definition) is 1. The van der Waals surface area contributed by atoms with E-state index in [2.05, 4.69) is 30.9 Å². The molecule has 0 aromatic heterocycles. The molecular formula is C30H59NO4. The van der Waals surface area contributed by atoms with Gasteiger partial charge in [-0.15, -0.1) is 0 Å². The number of rotatable bonds is 27. The lowest BCUT2D eigenvalue weighted by Gasteiger charge is -2.25. The summed E-state index contributed by atoms with van der Waals surface area (Å²) in [5, 5.41) is 9.57. The standard InChI is InChI=1S/C30H59NO4/c1-5-7-9-11-13-14-15-16-17-18-19-20-22-24-29(30(32)33)35-27-28(31(3)4)26-34-25-23-21-12-10-8-6-2/h16-17,28-29H,5-15,18-27H2,1-4H3,(H,32,33). The molecule has 2 atom stereocenters. The fraction of sp³-hybridized carbons (Fsp3) is 0.900. The Labute approximate surface area is 218 Å². The number of ether oxygens (including phenoxy) is 2. The number of carboxylic acids is 1. The number of carboxylic acid groups (broad SMARTS) is 1. The number of likely N-dealkylation sites (N-methyl/N-ethyl adjacent to an activating group) is 1. The summed E-state index contributed by atoms with van der Waals surface area (Å²) >= 11 is 0. The topological polar surface area (TPSA) is 59.0 Å². The van der Waals surface area contributed by atoms with Crippen LogP contribution >= 0.6 is 0 Å². The van der Waals surface area contributed by atoms with E-state index in [1.165, 1.54) is 77.0 Å². The van der Waals surface area contributed by atoms with Crippen LogP contribution < -0.4 is 0 Å². The summed E-state index contributed by atoms with van der Waals surface area (Å²) in [7, 11) is 4.00. The van der Waals surface area contributed by atoms with Gasteiger partial charge in [-0.25, -0.2) is 4.79 Å². The van der Waals surface area contributed by atoms with E-state index < -0.39 is 12.1 Å². The molecule has 0 spiro atoms. The number of hydrogen-bond acceptors (Lipinski definition) is 4. The van der Waals surface area contributed by atoms with Crippen LogP contribution in [0.15, 0.2) is 12.2 Å². The molecule has 0 amide bonds. The van der Waals surface area contributed by atoms with Gasteiger partial charge in [0.2, 0.25) is 0 Å². The van der Waals surface area contributed by atoms with E-state index in [1.54, 1.807) is 0 Å². The highest BCUT2D eigenvalue weighted by atomic mass is 16.5. The lowest BCUT2D eigenvalue weighted by molar-refractivity contribution is -0.152. The van der Waals surface area contributed by atoms with E-state index in [4.69, 9.17) is 9.47 Å². The molecule has 5 nitrogen and oxygen atoms in total. The van der Waals surface area contributed by atoms with Gasteiger partial charge in [-0.3, -0.25) is 0 Å². The quantitative estimate of drug-likeness (QED) is 0.0919. The Morgan fingerprint density at radius 3 is 1.80 bits per heavy atom. The lowest BCUT2D eigenvalue weighted by atomic mass is 10.1. The van der Waals surface area contributed by atoms with Crippen molar-refractivity contribution in [2.75, 3.05) is 33.9 Å². The zero-order valence-corrected chi connectivity index (χ0v) is 23.8. The fourth-order valence-corrected chi connectivity index (χ4v) is 4.10. The summed E-state index contributed by atoms with van der Waals surface area (Å²) in [5.74, 6) is -0.852. The van der Waals surface area contributed by atoms with E-state index in [-0.39, 0.29) is 6.04 Å². The van der Waals surface area contributed by atoms with Gasteiger partial charge in [-0.05, 0) is 52.6 Å². The SMILES string of the molecule is CCCCCCCCC=CCCCCCC(OCC(COCCCCCCCC)N(C)C)C(=O)O. The molecule has 2 unspecified atom stereocenters. The van der Waals surface area contributed by atoms with Gasteiger partial charge in [0.25, 0.3) is 0 Å². The second-order valence-electron chi connectivity index (χ2n) is 10.3. The van der Waals surface area contributed by atoms with Gasteiger partial charge in [0.15, 0.2) is 6.10 Å². The van der Waals surface area contributed by atoms with Crippen molar-refractivity contribution < 1.29 is 19.4 Å². The van der Waals surface area contributed by atoms with Gasteiger partial charge < -0.3 is 19.5 Å². The molecule has 5 heteroatoms. The fourth-order valence-electron chi connectivity index (χ4n) is 4.10. The third kappa shape index (κ3) is 23.3. The first kappa shape index (κ1) is 34.1. The minimum absolute atomic E-state index is 0.0775. The van der Waals surface area contributed by atoms with Crippen molar-refractivity contribution in [3.63, 3.8) is 0 Å². The third-order valence-corrected chi connectivity index (χ3v) is 6.68. The van der Waals surface area contributed by atoms with Gasteiger partial charge in [0.05, 0.1) is 19.3 Å². The Bertz CT molecular complexity index is 481. The van der Waals surface area contributed by atoms with Crippen LogP contribution in [-0.2, 0) is 14.3 Å². The van der Waals surface area contributed by atoms with Gasteiger partial charge in [-0.1, -0.05) is 103 Å². The van der Waals surface area contributed by atoms with E-state index >= 15 is 0 Å². The van der Waals surface area contributed by atoms with Crippen LogP contribution in [-0.4, -0.2) is 62.0 Å². The number of allylic oxidation sites excluding steroid dienone is 2. The third-order valence-electron chi connectivity index (χ3n) is 6.68. The number of aliphatic carboxylic acids is 1. The molecular weight excluding hydrogens is 438 g/mol. The maximum atomic E-state index is 11.7. The molecule has 0 aromatic carbocycles. The zero-order chi connectivity index (χ0) is 26.0. The maximum absolute atomic E-state index is 11.7. The molecule has 0 aliphatic rings. The van der Waals surface area contributed by atoms with E-state index in [1.807, 2.05) is 14.1 Å². The summed E-state index contributed by atoms with van der Waals surface area (Å²) in [4.78, 5) is 13.7. The van der Waals surface area contributed by atoms with E-state index in [0.717, 1.165) is 38.7 Å². The summed E-state index contributed by atoms with van der Waals surface area (Å²) in [6.45, 7) is 6.23. The lowest BCUT2D eigenvalue weighted by Crippen LogP contribution is -2.39. The predicted molar refractivity (Wildman–Crippen MR) is 149 cm³/mol. The minimum Gasteiger partial charge on any atom is -0.479 e. The minimum atomic E-state index is -0.852. The summed E-state index contributed by atoms with van der Waals surface area (Å²) in [6.07, 6.45) is 25.4. The monoisotopic (exact) mass is 497 g/mol. The molecule has 0 aliphatic heterocycles. The van der Waals surface area contributed by atoms with Crippen molar-refractivity contribution in [2.45, 2.75) is 142 Å². The van der Waals surface area contributed by atoms with Gasteiger partial charge >= 0.3 is 5.97 Å². The molecule has 0 rings (SSSR count). The van der Waals surface area contributed by atoms with Crippen LogP contribution in [0.5, 0.6) is 0 Å². The van der Waals surface area contributed by atoms with Crippen molar-refractivity contribution in [1.82, 2.24) is 4.90 Å². The highest BCUT2D eigenvalue weighted by Crippen LogP contribution is 2.12. The van der Waals surface area contributed by atoms with Crippen LogP contribution in [0.4, 0.5) is 0 Å². The first-order chi connectivity index (χ1) is 17.0. The molecule has 0 saturated carbocycles. The Morgan fingerprint density at radius 2 is 1.26 bits per heavy atom. The molecule has 35 heavy (non-hydrogen) atoms. The summed E-state index contributed by atoms with van der Waals surface area (Å²) in [5.41, 5.74) is 0. The van der Waals surface area contributed by atoms with Crippen LogP contribution in [0.1, 0.15) is 129 Å². The van der Waals surface area contributed by atoms with Crippen molar-refractivity contribution in [2.24, 2.45) is 0 Å². The molecule has 0 saturated heterocycles. The molecule has 1 N–H and O–H groups in total. The Balaban J connectivity index is 3.90. The molecule has 0 radical (unpaired) electrons.